The molecule has 2 aromatic rings. The van der Waals surface area contributed by atoms with Gasteiger partial charge in [-0.25, -0.2) is 0 Å². The maximum absolute atomic E-state index is 12.3. The highest BCUT2D eigenvalue weighted by Crippen LogP contribution is 2.14. The van der Waals surface area contributed by atoms with Crippen LogP contribution in [0.5, 0.6) is 0 Å². The molecule has 0 saturated carbocycles. The van der Waals surface area contributed by atoms with Crippen molar-refractivity contribution >= 4 is 29.3 Å². The molecule has 0 radical (unpaired) electrons. The van der Waals surface area contributed by atoms with Crippen LogP contribution in [0.3, 0.4) is 0 Å². The molecule has 1 aromatic carbocycles. The molecule has 1 aliphatic heterocycles. The topological polar surface area (TPSA) is 82.9 Å². The molecule has 0 aliphatic carbocycles. The van der Waals surface area contributed by atoms with E-state index in [-0.39, 0.29) is 30.7 Å². The second kappa shape index (κ2) is 8.73. The van der Waals surface area contributed by atoms with Gasteiger partial charge in [0, 0.05) is 39.1 Å². The Kier molecular flexibility index (Phi) is 6.13. The zero-order valence-electron chi connectivity index (χ0n) is 14.7. The predicted octanol–water partition coefficient (Wildman–Crippen LogP) is 2.04. The van der Waals surface area contributed by atoms with Gasteiger partial charge in [0.15, 0.2) is 5.76 Å². The molecule has 8 heteroatoms. The molecular formula is C19H20ClN3O4. The number of amides is 3. The molecular weight excluding hydrogens is 370 g/mol. The Balaban J connectivity index is 1.41. The molecule has 1 saturated heterocycles. The van der Waals surface area contributed by atoms with Crippen LogP contribution >= 0.6 is 11.6 Å². The quantitative estimate of drug-likeness (QED) is 0.848. The number of halogens is 1. The highest BCUT2D eigenvalue weighted by Gasteiger charge is 2.25. The van der Waals surface area contributed by atoms with Crippen LogP contribution in [0.1, 0.15) is 27.3 Å². The number of hydrogen-bond acceptors (Lipinski definition) is 4. The first-order valence-corrected chi connectivity index (χ1v) is 9.07. The third-order valence-corrected chi connectivity index (χ3v) is 4.72. The molecule has 3 rings (SSSR count). The lowest BCUT2D eigenvalue weighted by atomic mass is 10.2. The lowest BCUT2D eigenvalue weighted by Gasteiger charge is -2.34. The summed E-state index contributed by atoms with van der Waals surface area (Å²) >= 11 is 5.98. The highest BCUT2D eigenvalue weighted by molar-refractivity contribution is 6.33. The Morgan fingerprint density at radius 3 is 2.37 bits per heavy atom. The number of rotatable bonds is 5. The number of nitrogens with zero attached hydrogens (tertiary/aromatic N) is 2. The van der Waals surface area contributed by atoms with Gasteiger partial charge >= 0.3 is 0 Å². The number of carbonyl (C=O) groups excluding carboxylic acids is 3. The van der Waals surface area contributed by atoms with Crippen LogP contribution in [0.4, 0.5) is 0 Å². The normalized spacial score (nSPS) is 14.1. The minimum atomic E-state index is -0.303. The zero-order chi connectivity index (χ0) is 19.2. The molecule has 0 bridgehead atoms. The third kappa shape index (κ3) is 4.68. The van der Waals surface area contributed by atoms with Crippen molar-refractivity contribution in [2.45, 2.75) is 6.42 Å². The number of hydrogen-bond donors (Lipinski definition) is 1. The van der Waals surface area contributed by atoms with E-state index in [1.165, 1.54) is 6.26 Å². The van der Waals surface area contributed by atoms with Crippen molar-refractivity contribution in [3.8, 4) is 0 Å². The summed E-state index contributed by atoms with van der Waals surface area (Å²) in [7, 11) is 0. The molecule has 142 valence electrons. The fourth-order valence-corrected chi connectivity index (χ4v) is 3.12. The first kappa shape index (κ1) is 19.0. The van der Waals surface area contributed by atoms with Crippen LogP contribution < -0.4 is 5.32 Å². The van der Waals surface area contributed by atoms with Crippen molar-refractivity contribution in [3.05, 3.63) is 59.0 Å². The predicted molar refractivity (Wildman–Crippen MR) is 99.6 cm³/mol. The van der Waals surface area contributed by atoms with Crippen LogP contribution in [0.2, 0.25) is 5.02 Å². The van der Waals surface area contributed by atoms with Crippen molar-refractivity contribution in [2.24, 2.45) is 0 Å². The number of nitrogens with one attached hydrogen (secondary N) is 1. The van der Waals surface area contributed by atoms with E-state index in [1.54, 1.807) is 46.2 Å². The molecule has 0 atom stereocenters. The molecule has 27 heavy (non-hydrogen) atoms. The summed E-state index contributed by atoms with van der Waals surface area (Å²) in [6.45, 7) is 2.07. The van der Waals surface area contributed by atoms with Gasteiger partial charge in [-0.3, -0.25) is 14.4 Å². The molecule has 1 aliphatic rings. The largest absolute Gasteiger partial charge is 0.459 e. The van der Waals surface area contributed by atoms with E-state index in [4.69, 9.17) is 16.0 Å². The van der Waals surface area contributed by atoms with Gasteiger partial charge in [0.2, 0.25) is 5.91 Å². The van der Waals surface area contributed by atoms with E-state index in [9.17, 15) is 14.4 Å². The van der Waals surface area contributed by atoms with Gasteiger partial charge in [-0.15, -0.1) is 0 Å². The lowest BCUT2D eigenvalue weighted by Crippen LogP contribution is -2.51. The third-order valence-electron chi connectivity index (χ3n) is 4.39. The van der Waals surface area contributed by atoms with Gasteiger partial charge in [-0.05, 0) is 24.3 Å². The Bertz CT molecular complexity index is 814. The minimum absolute atomic E-state index is 0.0560. The SMILES string of the molecule is O=C(NCCC(=O)N1CCN(C(=O)c2ccco2)CC1)c1ccccc1Cl. The van der Waals surface area contributed by atoms with E-state index in [0.717, 1.165) is 0 Å². The average molecular weight is 390 g/mol. The molecule has 0 unspecified atom stereocenters. The maximum atomic E-state index is 12.3. The molecule has 1 N–H and O–H groups in total. The Hall–Kier alpha value is -2.80. The summed E-state index contributed by atoms with van der Waals surface area (Å²) < 4.78 is 5.12. The molecule has 1 aromatic heterocycles. The second-order valence-corrected chi connectivity index (χ2v) is 6.54. The Morgan fingerprint density at radius 2 is 1.70 bits per heavy atom. The Labute approximate surface area is 161 Å². The van der Waals surface area contributed by atoms with Crippen molar-refractivity contribution in [2.75, 3.05) is 32.7 Å². The van der Waals surface area contributed by atoms with E-state index >= 15 is 0 Å². The van der Waals surface area contributed by atoms with Crippen LogP contribution in [-0.2, 0) is 4.79 Å². The number of piperazine rings is 1. The van der Waals surface area contributed by atoms with Gasteiger partial charge in [0.05, 0.1) is 16.8 Å². The summed E-state index contributed by atoms with van der Waals surface area (Å²) in [5.74, 6) is -0.224. The summed E-state index contributed by atoms with van der Waals surface area (Å²) in [5, 5.41) is 3.08. The molecule has 3 amide bonds. The summed E-state index contributed by atoms with van der Waals surface area (Å²) in [5.41, 5.74) is 0.386. The monoisotopic (exact) mass is 389 g/mol. The number of benzene rings is 1. The second-order valence-electron chi connectivity index (χ2n) is 6.14. The molecule has 0 spiro atoms. The maximum Gasteiger partial charge on any atom is 0.289 e. The van der Waals surface area contributed by atoms with Crippen LogP contribution in [0.15, 0.2) is 47.1 Å². The van der Waals surface area contributed by atoms with Crippen LogP contribution in [0.25, 0.3) is 0 Å². The fraction of sp³-hybridized carbons (Fsp3) is 0.316. The van der Waals surface area contributed by atoms with Crippen molar-refractivity contribution < 1.29 is 18.8 Å². The first-order chi connectivity index (χ1) is 13.1. The van der Waals surface area contributed by atoms with E-state index in [1.807, 2.05) is 0 Å². The van der Waals surface area contributed by atoms with Gasteiger partial charge in [-0.1, -0.05) is 23.7 Å². The fourth-order valence-electron chi connectivity index (χ4n) is 2.90. The molecule has 7 nitrogen and oxygen atoms in total. The lowest BCUT2D eigenvalue weighted by molar-refractivity contribution is -0.132. The Morgan fingerprint density at radius 1 is 1.00 bits per heavy atom. The van der Waals surface area contributed by atoms with E-state index in [0.29, 0.717) is 42.5 Å². The van der Waals surface area contributed by atoms with Crippen molar-refractivity contribution in [1.82, 2.24) is 15.1 Å². The van der Waals surface area contributed by atoms with E-state index < -0.39 is 0 Å². The molecule has 2 heterocycles. The summed E-state index contributed by atoms with van der Waals surface area (Å²) in [6.07, 6.45) is 1.66. The zero-order valence-corrected chi connectivity index (χ0v) is 15.4. The van der Waals surface area contributed by atoms with Crippen LogP contribution in [0, 0.1) is 0 Å². The smallest absolute Gasteiger partial charge is 0.289 e. The molecule has 1 fully saturated rings. The standard InChI is InChI=1S/C19H20ClN3O4/c20-15-5-2-1-4-14(15)18(25)21-8-7-17(24)22-9-11-23(12-10-22)19(26)16-6-3-13-27-16/h1-6,13H,7-12H2,(H,21,25). The minimum Gasteiger partial charge on any atom is -0.459 e. The van der Waals surface area contributed by atoms with Gasteiger partial charge in [0.1, 0.15) is 0 Å². The first-order valence-electron chi connectivity index (χ1n) is 8.69. The summed E-state index contributed by atoms with van der Waals surface area (Å²) in [6, 6.07) is 10.1. The highest BCUT2D eigenvalue weighted by atomic mass is 35.5. The van der Waals surface area contributed by atoms with Gasteiger partial charge < -0.3 is 19.5 Å². The average Bonchev–Trinajstić information content (AvgIpc) is 3.22. The van der Waals surface area contributed by atoms with Crippen LogP contribution in [-0.4, -0.2) is 60.2 Å². The number of carbonyl (C=O) groups is 3. The van der Waals surface area contributed by atoms with E-state index in [2.05, 4.69) is 5.32 Å². The summed E-state index contributed by atoms with van der Waals surface area (Å²) in [4.78, 5) is 40.0. The van der Waals surface area contributed by atoms with Crippen molar-refractivity contribution in [1.29, 1.82) is 0 Å². The van der Waals surface area contributed by atoms with Gasteiger partial charge in [0.25, 0.3) is 11.8 Å². The number of furan rings is 1. The van der Waals surface area contributed by atoms with Crippen molar-refractivity contribution in [3.63, 3.8) is 0 Å². The van der Waals surface area contributed by atoms with Gasteiger partial charge in [-0.2, -0.15) is 0 Å².